The average Bonchev–Trinajstić information content (AvgIpc) is 2.47. The van der Waals surface area contributed by atoms with E-state index in [4.69, 9.17) is 0 Å². The number of hydrogen-bond acceptors (Lipinski definition) is 6. The summed E-state index contributed by atoms with van der Waals surface area (Å²) in [5.74, 6) is -1.49. The number of nitro groups is 1. The minimum absolute atomic E-state index is 0.00697. The highest BCUT2D eigenvalue weighted by Gasteiger charge is 2.37. The minimum atomic E-state index is -4.26. The second-order valence-electron chi connectivity index (χ2n) is 4.67. The van der Waals surface area contributed by atoms with Crippen molar-refractivity contribution in [3.8, 4) is 0 Å². The molecule has 1 aromatic carbocycles. The number of aliphatic carboxylic acids is 1. The van der Waals surface area contributed by atoms with E-state index >= 15 is 0 Å². The predicted molar refractivity (Wildman–Crippen MR) is 69.6 cm³/mol. The monoisotopic (exact) mass is 313 g/mol. The van der Waals surface area contributed by atoms with Crippen LogP contribution < -0.4 is 5.11 Å². The van der Waals surface area contributed by atoms with E-state index in [0.717, 1.165) is 16.4 Å². The van der Waals surface area contributed by atoms with Crippen molar-refractivity contribution in [3.63, 3.8) is 0 Å². The Morgan fingerprint density at radius 2 is 1.95 bits per heavy atom. The quantitative estimate of drug-likeness (QED) is 0.564. The molecule has 1 aliphatic heterocycles. The predicted octanol–water partition coefficient (Wildman–Crippen LogP) is -0.112. The largest absolute Gasteiger partial charge is 0.548 e. The third-order valence-corrected chi connectivity index (χ3v) is 5.33. The first-order valence-electron chi connectivity index (χ1n) is 6.32. The van der Waals surface area contributed by atoms with Gasteiger partial charge >= 0.3 is 0 Å². The zero-order valence-electron chi connectivity index (χ0n) is 11.0. The Bertz CT molecular complexity index is 672. The summed E-state index contributed by atoms with van der Waals surface area (Å²) in [6.45, 7) is 0.00697. The van der Waals surface area contributed by atoms with E-state index in [0.29, 0.717) is 12.8 Å². The van der Waals surface area contributed by atoms with Gasteiger partial charge in [-0.2, -0.15) is 4.31 Å². The summed E-state index contributed by atoms with van der Waals surface area (Å²) in [7, 11) is -4.26. The van der Waals surface area contributed by atoms with Gasteiger partial charge in [-0.05, 0) is 18.9 Å². The molecule has 1 fully saturated rings. The Morgan fingerprint density at radius 3 is 2.57 bits per heavy atom. The maximum Gasteiger partial charge on any atom is 0.289 e. The Hall–Kier alpha value is -2.00. The molecule has 8 nitrogen and oxygen atoms in total. The third-order valence-electron chi connectivity index (χ3n) is 3.37. The number of benzene rings is 1. The van der Waals surface area contributed by atoms with Crippen LogP contribution in [0.3, 0.4) is 0 Å². The molecule has 114 valence electrons. The van der Waals surface area contributed by atoms with Crippen LogP contribution in [0.1, 0.15) is 19.3 Å². The number of nitro benzene ring substituents is 1. The lowest BCUT2D eigenvalue weighted by Gasteiger charge is -2.34. The number of carbonyl (C=O) groups excluding carboxylic acids is 1. The van der Waals surface area contributed by atoms with E-state index in [1.54, 1.807) is 0 Å². The summed E-state index contributed by atoms with van der Waals surface area (Å²) in [5.41, 5.74) is -0.569. The Labute approximate surface area is 121 Å². The molecule has 0 aromatic heterocycles. The number of carboxylic acids is 1. The van der Waals surface area contributed by atoms with Crippen molar-refractivity contribution in [2.75, 3.05) is 6.54 Å². The number of para-hydroxylation sites is 1. The lowest BCUT2D eigenvalue weighted by atomic mass is 10.1. The van der Waals surface area contributed by atoms with E-state index in [2.05, 4.69) is 0 Å². The molecule has 0 unspecified atom stereocenters. The second kappa shape index (κ2) is 5.78. The molecule has 2 rings (SSSR count). The summed E-state index contributed by atoms with van der Waals surface area (Å²) < 4.78 is 25.9. The van der Waals surface area contributed by atoms with Crippen LogP contribution in [0.25, 0.3) is 0 Å². The van der Waals surface area contributed by atoms with Gasteiger partial charge in [0.15, 0.2) is 4.90 Å². The molecule has 0 radical (unpaired) electrons. The Morgan fingerprint density at radius 1 is 1.29 bits per heavy atom. The summed E-state index contributed by atoms with van der Waals surface area (Å²) in [4.78, 5) is 20.8. The third kappa shape index (κ3) is 2.88. The van der Waals surface area contributed by atoms with Gasteiger partial charge in [0.2, 0.25) is 0 Å². The van der Waals surface area contributed by atoms with Gasteiger partial charge in [-0.1, -0.05) is 18.6 Å². The topological polar surface area (TPSA) is 121 Å². The van der Waals surface area contributed by atoms with Crippen molar-refractivity contribution in [1.82, 2.24) is 4.31 Å². The van der Waals surface area contributed by atoms with Gasteiger partial charge in [0, 0.05) is 12.6 Å². The highest BCUT2D eigenvalue weighted by molar-refractivity contribution is 7.89. The molecular weight excluding hydrogens is 300 g/mol. The van der Waals surface area contributed by atoms with Gasteiger partial charge in [-0.25, -0.2) is 8.42 Å². The van der Waals surface area contributed by atoms with Gasteiger partial charge in [0.1, 0.15) is 0 Å². The van der Waals surface area contributed by atoms with Crippen molar-refractivity contribution < 1.29 is 23.2 Å². The molecule has 0 saturated carbocycles. The highest BCUT2D eigenvalue weighted by atomic mass is 32.2. The van der Waals surface area contributed by atoms with Crippen LogP contribution in [0.4, 0.5) is 5.69 Å². The van der Waals surface area contributed by atoms with Gasteiger partial charge in [-0.15, -0.1) is 0 Å². The maximum atomic E-state index is 12.6. The number of nitrogens with zero attached hydrogens (tertiary/aromatic N) is 2. The molecule has 0 N–H and O–H groups in total. The molecule has 0 spiro atoms. The zero-order valence-corrected chi connectivity index (χ0v) is 11.8. The average molecular weight is 313 g/mol. The SMILES string of the molecule is O=C([O-])[C@@H]1CCCCN1S(=O)(=O)c1ccccc1[N+](=O)[O-]. The first-order valence-corrected chi connectivity index (χ1v) is 7.76. The van der Waals surface area contributed by atoms with Crippen molar-refractivity contribution in [3.05, 3.63) is 34.4 Å². The van der Waals surface area contributed by atoms with Gasteiger partial charge in [0.05, 0.1) is 16.9 Å². The Balaban J connectivity index is 2.51. The first-order chi connectivity index (χ1) is 9.85. The second-order valence-corrected chi connectivity index (χ2v) is 6.53. The fourth-order valence-corrected chi connectivity index (χ4v) is 4.19. The molecule has 1 atom stereocenters. The van der Waals surface area contributed by atoms with Crippen molar-refractivity contribution in [2.45, 2.75) is 30.2 Å². The van der Waals surface area contributed by atoms with Crippen LogP contribution in [-0.4, -0.2) is 36.2 Å². The maximum absolute atomic E-state index is 12.6. The lowest BCUT2D eigenvalue weighted by molar-refractivity contribution is -0.387. The summed E-state index contributed by atoms with van der Waals surface area (Å²) in [6, 6.07) is 3.60. The fraction of sp³-hybridized carbons (Fsp3) is 0.417. The van der Waals surface area contributed by atoms with Crippen molar-refractivity contribution >= 4 is 21.7 Å². The van der Waals surface area contributed by atoms with Crippen LogP contribution in [0.5, 0.6) is 0 Å². The number of sulfonamides is 1. The zero-order chi connectivity index (χ0) is 15.6. The fourth-order valence-electron chi connectivity index (χ4n) is 2.38. The van der Waals surface area contributed by atoms with Gasteiger partial charge < -0.3 is 9.90 Å². The molecule has 0 aliphatic carbocycles. The van der Waals surface area contributed by atoms with Crippen LogP contribution in [0, 0.1) is 10.1 Å². The number of carboxylic acid groups (broad SMARTS) is 1. The molecule has 0 bridgehead atoms. The molecule has 9 heteroatoms. The molecular formula is C12H13N2O6S-. The normalized spacial score (nSPS) is 20.1. The van der Waals surface area contributed by atoms with Gasteiger partial charge in [0.25, 0.3) is 15.7 Å². The molecule has 1 aliphatic rings. The summed E-state index contributed by atoms with van der Waals surface area (Å²) in [6.07, 6.45) is 1.22. The molecule has 1 saturated heterocycles. The molecule has 0 amide bonds. The van der Waals surface area contributed by atoms with Crippen molar-refractivity contribution in [2.24, 2.45) is 0 Å². The number of hydrogen-bond donors (Lipinski definition) is 0. The summed E-state index contributed by atoms with van der Waals surface area (Å²) >= 11 is 0. The van der Waals surface area contributed by atoms with E-state index in [1.807, 2.05) is 0 Å². The summed E-state index contributed by atoms with van der Waals surface area (Å²) in [5, 5.41) is 22.1. The smallest absolute Gasteiger partial charge is 0.289 e. The van der Waals surface area contributed by atoms with Crippen molar-refractivity contribution in [1.29, 1.82) is 0 Å². The molecule has 1 aromatic rings. The van der Waals surface area contributed by atoms with Crippen LogP contribution in [0.15, 0.2) is 29.2 Å². The van der Waals surface area contributed by atoms with Crippen LogP contribution in [-0.2, 0) is 14.8 Å². The van der Waals surface area contributed by atoms with E-state index < -0.39 is 37.5 Å². The van der Waals surface area contributed by atoms with Crippen LogP contribution in [0.2, 0.25) is 0 Å². The number of rotatable bonds is 4. The number of carbonyl (C=O) groups is 1. The van der Waals surface area contributed by atoms with Crippen LogP contribution >= 0.6 is 0 Å². The van der Waals surface area contributed by atoms with E-state index in [-0.39, 0.29) is 13.0 Å². The number of piperidine rings is 1. The Kier molecular flexibility index (Phi) is 4.24. The first kappa shape index (κ1) is 15.4. The lowest BCUT2D eigenvalue weighted by Crippen LogP contribution is -2.52. The molecule has 21 heavy (non-hydrogen) atoms. The van der Waals surface area contributed by atoms with Gasteiger partial charge in [-0.3, -0.25) is 10.1 Å². The molecule has 1 heterocycles. The van der Waals surface area contributed by atoms with E-state index in [1.165, 1.54) is 12.1 Å². The minimum Gasteiger partial charge on any atom is -0.548 e. The van der Waals surface area contributed by atoms with E-state index in [9.17, 15) is 28.4 Å². The standard InChI is InChI=1S/C12H14N2O6S/c15-12(16)10-6-3-4-8-13(10)21(19,20)11-7-2-1-5-9(11)14(17)18/h1-2,5,7,10H,3-4,6,8H2,(H,15,16)/p-1/t10-/m0/s1. The highest BCUT2D eigenvalue weighted by Crippen LogP contribution is 2.30.